The highest BCUT2D eigenvalue weighted by atomic mass is 16.5. The maximum atomic E-state index is 13.1. The van der Waals surface area contributed by atoms with E-state index >= 15 is 0 Å². The number of carbonyl (C=O) groups is 2. The Bertz CT molecular complexity index is 1280. The predicted molar refractivity (Wildman–Crippen MR) is 114 cm³/mol. The highest BCUT2D eigenvalue weighted by Crippen LogP contribution is 2.40. The summed E-state index contributed by atoms with van der Waals surface area (Å²) in [4.78, 5) is 24.5. The minimum Gasteiger partial charge on any atom is -0.485 e. The van der Waals surface area contributed by atoms with Gasteiger partial charge in [-0.1, -0.05) is 48.5 Å². The highest BCUT2D eigenvalue weighted by molar-refractivity contribution is 6.04. The number of aromatic nitrogens is 2. The molecule has 7 nitrogen and oxygen atoms in total. The molecule has 154 valence electrons. The van der Waals surface area contributed by atoms with E-state index in [1.54, 1.807) is 18.2 Å². The first-order valence-corrected chi connectivity index (χ1v) is 9.93. The molecule has 0 bridgehead atoms. The quantitative estimate of drug-likeness (QED) is 0.464. The molecule has 4 aromatic rings. The van der Waals surface area contributed by atoms with Gasteiger partial charge in [-0.2, -0.15) is 5.10 Å². The molecule has 1 aliphatic heterocycles. The fraction of sp³-hybridized carbons (Fsp3) is 0.125. The number of hydrogen-bond acceptors (Lipinski definition) is 4. The van der Waals surface area contributed by atoms with Crippen molar-refractivity contribution in [3.63, 3.8) is 0 Å². The second-order valence-electron chi connectivity index (χ2n) is 7.45. The third-order valence-electron chi connectivity index (χ3n) is 5.52. The minimum atomic E-state index is -1.15. The number of benzene rings is 3. The molecule has 0 saturated carbocycles. The van der Waals surface area contributed by atoms with Gasteiger partial charge in [-0.15, -0.1) is 0 Å². The maximum absolute atomic E-state index is 13.1. The number of nitrogens with zero attached hydrogens (tertiary/aromatic N) is 1. The summed E-state index contributed by atoms with van der Waals surface area (Å²) >= 11 is 0. The first-order chi connectivity index (χ1) is 15.1. The fourth-order valence-corrected chi connectivity index (χ4v) is 3.99. The van der Waals surface area contributed by atoms with Crippen LogP contribution in [-0.4, -0.2) is 27.2 Å². The average molecular weight is 413 g/mol. The number of nitrogens with one attached hydrogen (secondary N) is 2. The van der Waals surface area contributed by atoms with E-state index in [9.17, 15) is 14.7 Å². The van der Waals surface area contributed by atoms with Crippen LogP contribution in [0.1, 0.15) is 50.5 Å². The van der Waals surface area contributed by atoms with Gasteiger partial charge in [-0.05, 0) is 29.8 Å². The van der Waals surface area contributed by atoms with Crippen LogP contribution < -0.4 is 10.1 Å². The molecule has 5 rings (SSSR count). The summed E-state index contributed by atoms with van der Waals surface area (Å²) in [6.45, 7) is 0. The third kappa shape index (κ3) is 3.50. The summed E-state index contributed by atoms with van der Waals surface area (Å²) < 4.78 is 6.20. The second kappa shape index (κ2) is 7.60. The van der Waals surface area contributed by atoms with Crippen LogP contribution in [0.5, 0.6) is 5.75 Å². The van der Waals surface area contributed by atoms with Gasteiger partial charge in [0, 0.05) is 22.9 Å². The van der Waals surface area contributed by atoms with Gasteiger partial charge in [0.25, 0.3) is 5.91 Å². The Morgan fingerprint density at radius 1 is 1.03 bits per heavy atom. The standard InChI is InChI=1S/C24H19N3O4/c28-23(15-10-11-18-17(12-15)22(24(29)30)27-26-18)25-19-13-21(14-6-2-1-3-7-14)31-20-9-5-4-8-16(19)20/h1-12,19,21H,13H2,(H,25,28)(H,26,27)(H,29,30)/t19-,21+/m1/s1. The number of aromatic amines is 1. The van der Waals surface area contributed by atoms with Gasteiger partial charge >= 0.3 is 5.97 Å². The number of carbonyl (C=O) groups excluding carboxylic acids is 1. The van der Waals surface area contributed by atoms with E-state index in [0.29, 0.717) is 22.9 Å². The monoisotopic (exact) mass is 413 g/mol. The van der Waals surface area contributed by atoms with E-state index in [0.717, 1.165) is 16.9 Å². The van der Waals surface area contributed by atoms with E-state index in [-0.39, 0.29) is 23.7 Å². The normalized spacial score (nSPS) is 17.5. The number of hydrogen-bond donors (Lipinski definition) is 3. The van der Waals surface area contributed by atoms with Crippen molar-refractivity contribution in [3.05, 3.63) is 95.2 Å². The van der Waals surface area contributed by atoms with Crippen LogP contribution in [0.25, 0.3) is 10.9 Å². The van der Waals surface area contributed by atoms with E-state index in [1.165, 1.54) is 0 Å². The van der Waals surface area contributed by atoms with E-state index in [4.69, 9.17) is 4.74 Å². The van der Waals surface area contributed by atoms with Crippen molar-refractivity contribution < 1.29 is 19.4 Å². The molecule has 0 unspecified atom stereocenters. The number of fused-ring (bicyclic) bond motifs is 2. The summed E-state index contributed by atoms with van der Waals surface area (Å²) in [6, 6.07) is 22.2. The molecule has 31 heavy (non-hydrogen) atoms. The molecule has 1 aliphatic rings. The van der Waals surface area contributed by atoms with Crippen LogP contribution in [0.4, 0.5) is 0 Å². The van der Waals surface area contributed by atoms with Crippen LogP contribution in [0, 0.1) is 0 Å². The number of ether oxygens (including phenoxy) is 1. The topological polar surface area (TPSA) is 104 Å². The van der Waals surface area contributed by atoms with Crippen LogP contribution in [0.3, 0.4) is 0 Å². The van der Waals surface area contributed by atoms with Gasteiger partial charge < -0.3 is 15.2 Å². The lowest BCUT2D eigenvalue weighted by molar-refractivity contribution is 0.0692. The number of H-pyrrole nitrogens is 1. The molecule has 1 amide bonds. The molecular weight excluding hydrogens is 394 g/mol. The Kier molecular flexibility index (Phi) is 4.63. The number of rotatable bonds is 4. The van der Waals surface area contributed by atoms with Crippen LogP contribution in [0.2, 0.25) is 0 Å². The van der Waals surface area contributed by atoms with Gasteiger partial charge in [0.2, 0.25) is 0 Å². The Hall–Kier alpha value is -4.13. The maximum Gasteiger partial charge on any atom is 0.357 e. The lowest BCUT2D eigenvalue weighted by atomic mass is 9.92. The van der Waals surface area contributed by atoms with Gasteiger partial charge in [0.15, 0.2) is 5.69 Å². The second-order valence-corrected chi connectivity index (χ2v) is 7.45. The largest absolute Gasteiger partial charge is 0.485 e. The molecule has 3 N–H and O–H groups in total. The number of aromatic carboxylic acids is 1. The number of carboxylic acid groups (broad SMARTS) is 1. The first kappa shape index (κ1) is 18.9. The van der Waals surface area contributed by atoms with Crippen molar-refractivity contribution in [1.29, 1.82) is 0 Å². The van der Waals surface area contributed by atoms with Crippen molar-refractivity contribution in [1.82, 2.24) is 15.5 Å². The van der Waals surface area contributed by atoms with Gasteiger partial charge in [0.05, 0.1) is 11.6 Å². The van der Waals surface area contributed by atoms with Gasteiger partial charge in [-0.3, -0.25) is 9.89 Å². The zero-order valence-corrected chi connectivity index (χ0v) is 16.4. The summed E-state index contributed by atoms with van der Waals surface area (Å²) in [6.07, 6.45) is 0.401. The highest BCUT2D eigenvalue weighted by Gasteiger charge is 2.30. The SMILES string of the molecule is O=C(N[C@@H]1C[C@@H](c2ccccc2)Oc2ccccc21)c1ccc2[nH]nc(C(=O)O)c2c1. The Morgan fingerprint density at radius 2 is 1.81 bits per heavy atom. The fourth-order valence-electron chi connectivity index (χ4n) is 3.99. The Morgan fingerprint density at radius 3 is 2.61 bits per heavy atom. The zero-order valence-electron chi connectivity index (χ0n) is 16.4. The Balaban J connectivity index is 1.45. The van der Waals surface area contributed by atoms with E-state index in [1.807, 2.05) is 54.6 Å². The molecule has 2 heterocycles. The van der Waals surface area contributed by atoms with E-state index < -0.39 is 5.97 Å². The van der Waals surface area contributed by atoms with Crippen molar-refractivity contribution in [3.8, 4) is 5.75 Å². The molecule has 7 heteroatoms. The third-order valence-corrected chi connectivity index (χ3v) is 5.52. The van der Waals surface area contributed by atoms with E-state index in [2.05, 4.69) is 15.5 Å². The van der Waals surface area contributed by atoms with Crippen molar-refractivity contribution in [2.24, 2.45) is 0 Å². The van der Waals surface area contributed by atoms with Crippen LogP contribution >= 0.6 is 0 Å². The molecule has 3 aromatic carbocycles. The lowest BCUT2D eigenvalue weighted by Gasteiger charge is -2.33. The Labute approximate surface area is 177 Å². The summed E-state index contributed by atoms with van der Waals surface area (Å²) in [7, 11) is 0. The number of para-hydroxylation sites is 1. The van der Waals surface area contributed by atoms with Crippen molar-refractivity contribution in [2.75, 3.05) is 0 Å². The molecule has 0 fully saturated rings. The number of carboxylic acids is 1. The molecule has 0 aliphatic carbocycles. The molecule has 1 aromatic heterocycles. The smallest absolute Gasteiger partial charge is 0.357 e. The first-order valence-electron chi connectivity index (χ1n) is 9.93. The molecule has 0 radical (unpaired) electrons. The average Bonchev–Trinajstić information content (AvgIpc) is 3.23. The summed E-state index contributed by atoms with van der Waals surface area (Å²) in [5, 5.41) is 19.3. The molecule has 0 saturated heterocycles. The predicted octanol–water partition coefficient (Wildman–Crippen LogP) is 4.26. The summed E-state index contributed by atoms with van der Waals surface area (Å²) in [5.74, 6) is -0.688. The van der Waals surface area contributed by atoms with Crippen molar-refractivity contribution >= 4 is 22.8 Å². The van der Waals surface area contributed by atoms with Gasteiger partial charge in [0.1, 0.15) is 11.9 Å². The molecule has 0 spiro atoms. The van der Waals surface area contributed by atoms with Crippen LogP contribution in [-0.2, 0) is 0 Å². The van der Waals surface area contributed by atoms with Crippen LogP contribution in [0.15, 0.2) is 72.8 Å². The molecular formula is C24H19N3O4. The number of amides is 1. The minimum absolute atomic E-state index is 0.106. The van der Waals surface area contributed by atoms with Crippen molar-refractivity contribution in [2.45, 2.75) is 18.6 Å². The molecule has 2 atom stereocenters. The van der Waals surface area contributed by atoms with Gasteiger partial charge in [-0.25, -0.2) is 4.79 Å². The zero-order chi connectivity index (χ0) is 21.4. The lowest BCUT2D eigenvalue weighted by Crippen LogP contribution is -2.33. The summed E-state index contributed by atoms with van der Waals surface area (Å²) in [5.41, 5.74) is 2.79.